The number of methoxy groups -OCH3 is 1. The van der Waals surface area contributed by atoms with Crippen LogP contribution in [0.1, 0.15) is 11.3 Å². The molecular formula is C16H19BrN2O3S. The highest BCUT2D eigenvalue weighted by Gasteiger charge is 2.10. The first kappa shape index (κ1) is 17.9. The second-order valence-corrected chi connectivity index (χ2v) is 7.78. The topological polar surface area (TPSA) is 68.3 Å². The Bertz CT molecular complexity index is 736. The van der Waals surface area contributed by atoms with Crippen LogP contribution in [-0.4, -0.2) is 32.8 Å². The minimum atomic E-state index is -3.30. The standard InChI is InChI=1S/C16H19BrN2O3S/c1-22-16-6-5-13(12-15(16)17)7-10-19-23(20,21)11-8-14-4-2-3-9-18-14/h2-6,9,12,19H,7-8,10-11H2,1H3. The molecule has 2 aromatic rings. The lowest BCUT2D eigenvalue weighted by atomic mass is 10.1. The van der Waals surface area contributed by atoms with Gasteiger partial charge in [0.15, 0.2) is 0 Å². The molecule has 23 heavy (non-hydrogen) atoms. The molecule has 124 valence electrons. The Morgan fingerprint density at radius 2 is 2.04 bits per heavy atom. The maximum Gasteiger partial charge on any atom is 0.211 e. The predicted molar refractivity (Wildman–Crippen MR) is 94.1 cm³/mol. The monoisotopic (exact) mass is 398 g/mol. The molecule has 0 atom stereocenters. The number of hydrogen-bond acceptors (Lipinski definition) is 4. The van der Waals surface area contributed by atoms with Gasteiger partial charge in [0, 0.05) is 24.9 Å². The number of benzene rings is 1. The summed E-state index contributed by atoms with van der Waals surface area (Å²) in [5.74, 6) is 0.792. The van der Waals surface area contributed by atoms with Crippen LogP contribution in [0.2, 0.25) is 0 Å². The second-order valence-electron chi connectivity index (χ2n) is 5.00. The van der Waals surface area contributed by atoms with Crippen LogP contribution in [0.25, 0.3) is 0 Å². The van der Waals surface area contributed by atoms with Crippen molar-refractivity contribution in [2.75, 3.05) is 19.4 Å². The second kappa shape index (κ2) is 8.42. The van der Waals surface area contributed by atoms with Gasteiger partial charge >= 0.3 is 0 Å². The van der Waals surface area contributed by atoms with Crippen molar-refractivity contribution in [1.82, 2.24) is 9.71 Å². The summed E-state index contributed by atoms with van der Waals surface area (Å²) in [5, 5.41) is 0. The van der Waals surface area contributed by atoms with Crippen LogP contribution >= 0.6 is 15.9 Å². The van der Waals surface area contributed by atoms with Crippen molar-refractivity contribution < 1.29 is 13.2 Å². The van der Waals surface area contributed by atoms with Crippen LogP contribution in [0.15, 0.2) is 47.1 Å². The Kier molecular flexibility index (Phi) is 6.56. The Balaban J connectivity index is 1.81. The number of sulfonamides is 1. The number of aryl methyl sites for hydroxylation is 1. The van der Waals surface area contributed by atoms with E-state index < -0.39 is 10.0 Å². The zero-order valence-corrected chi connectivity index (χ0v) is 15.2. The molecule has 7 heteroatoms. The van der Waals surface area contributed by atoms with Gasteiger partial charge in [0.1, 0.15) is 5.75 Å². The molecule has 0 fully saturated rings. The molecule has 0 amide bonds. The average Bonchev–Trinajstić information content (AvgIpc) is 2.54. The van der Waals surface area contributed by atoms with Crippen molar-refractivity contribution in [2.24, 2.45) is 0 Å². The molecule has 0 aliphatic carbocycles. The van der Waals surface area contributed by atoms with E-state index in [1.165, 1.54) is 0 Å². The molecule has 1 aromatic carbocycles. The van der Waals surface area contributed by atoms with Gasteiger partial charge in [-0.15, -0.1) is 0 Å². The summed E-state index contributed by atoms with van der Waals surface area (Å²) in [5.41, 5.74) is 1.81. The van der Waals surface area contributed by atoms with E-state index in [0.717, 1.165) is 21.5 Å². The number of rotatable bonds is 8. The first-order chi connectivity index (χ1) is 11.0. The Hall–Kier alpha value is -1.44. The fraction of sp³-hybridized carbons (Fsp3) is 0.312. The summed E-state index contributed by atoms with van der Waals surface area (Å²) in [7, 11) is -1.69. The number of halogens is 1. The number of ether oxygens (including phenoxy) is 1. The molecule has 0 saturated heterocycles. The number of nitrogens with zero attached hydrogens (tertiary/aromatic N) is 1. The van der Waals surface area contributed by atoms with Gasteiger partial charge in [-0.25, -0.2) is 13.1 Å². The Morgan fingerprint density at radius 3 is 2.70 bits per heavy atom. The lowest BCUT2D eigenvalue weighted by Crippen LogP contribution is -2.29. The summed E-state index contributed by atoms with van der Waals surface area (Å²) in [4.78, 5) is 4.13. The molecule has 0 bridgehead atoms. The van der Waals surface area contributed by atoms with Crippen molar-refractivity contribution in [2.45, 2.75) is 12.8 Å². The fourth-order valence-corrected chi connectivity index (χ4v) is 3.70. The lowest BCUT2D eigenvalue weighted by molar-refractivity contribution is 0.412. The van der Waals surface area contributed by atoms with Crippen LogP contribution in [-0.2, 0) is 22.9 Å². The average molecular weight is 399 g/mol. The molecule has 1 heterocycles. The first-order valence-corrected chi connectivity index (χ1v) is 9.64. The van der Waals surface area contributed by atoms with Gasteiger partial charge in [-0.3, -0.25) is 4.98 Å². The van der Waals surface area contributed by atoms with Gasteiger partial charge in [-0.05, 0) is 52.2 Å². The molecule has 5 nitrogen and oxygen atoms in total. The Labute approximate surface area is 145 Å². The zero-order valence-electron chi connectivity index (χ0n) is 12.8. The van der Waals surface area contributed by atoms with E-state index in [0.29, 0.717) is 19.4 Å². The Morgan fingerprint density at radius 1 is 1.22 bits per heavy atom. The third kappa shape index (κ3) is 5.93. The van der Waals surface area contributed by atoms with Crippen LogP contribution < -0.4 is 9.46 Å². The summed E-state index contributed by atoms with van der Waals surface area (Å²) in [6, 6.07) is 11.2. The zero-order chi connectivity index (χ0) is 16.7. The highest BCUT2D eigenvalue weighted by atomic mass is 79.9. The third-order valence-corrected chi connectivity index (χ3v) is 5.31. The fourth-order valence-electron chi connectivity index (χ4n) is 2.07. The van der Waals surface area contributed by atoms with E-state index in [9.17, 15) is 8.42 Å². The molecule has 2 rings (SSSR count). The summed E-state index contributed by atoms with van der Waals surface area (Å²) in [6.45, 7) is 0.364. The van der Waals surface area contributed by atoms with Gasteiger partial charge in [0.05, 0.1) is 17.3 Å². The smallest absolute Gasteiger partial charge is 0.211 e. The van der Waals surface area contributed by atoms with E-state index in [1.54, 1.807) is 13.3 Å². The molecule has 0 unspecified atom stereocenters. The van der Waals surface area contributed by atoms with Crippen molar-refractivity contribution in [3.05, 3.63) is 58.3 Å². The van der Waals surface area contributed by atoms with Crippen molar-refractivity contribution in [3.8, 4) is 5.75 Å². The maximum atomic E-state index is 12.0. The minimum Gasteiger partial charge on any atom is -0.496 e. The first-order valence-electron chi connectivity index (χ1n) is 7.20. The van der Waals surface area contributed by atoms with E-state index >= 15 is 0 Å². The molecule has 1 aromatic heterocycles. The van der Waals surface area contributed by atoms with Crippen LogP contribution in [0.3, 0.4) is 0 Å². The highest BCUT2D eigenvalue weighted by Crippen LogP contribution is 2.25. The molecule has 0 radical (unpaired) electrons. The third-order valence-electron chi connectivity index (χ3n) is 3.30. The lowest BCUT2D eigenvalue weighted by Gasteiger charge is -2.08. The van der Waals surface area contributed by atoms with Crippen LogP contribution in [0.5, 0.6) is 5.75 Å². The molecule has 0 aliphatic heterocycles. The van der Waals surface area contributed by atoms with Gasteiger partial charge < -0.3 is 4.74 Å². The van der Waals surface area contributed by atoms with Crippen molar-refractivity contribution in [3.63, 3.8) is 0 Å². The molecule has 1 N–H and O–H groups in total. The van der Waals surface area contributed by atoms with Crippen molar-refractivity contribution in [1.29, 1.82) is 0 Å². The number of pyridine rings is 1. The number of nitrogens with one attached hydrogen (secondary N) is 1. The van der Waals surface area contributed by atoms with E-state index in [-0.39, 0.29) is 5.75 Å². The molecule has 0 aliphatic rings. The normalized spacial score (nSPS) is 11.4. The van der Waals surface area contributed by atoms with Gasteiger partial charge in [0.2, 0.25) is 10.0 Å². The van der Waals surface area contributed by atoms with Gasteiger partial charge in [0.25, 0.3) is 0 Å². The van der Waals surface area contributed by atoms with E-state index in [2.05, 4.69) is 25.6 Å². The molecular weight excluding hydrogens is 380 g/mol. The van der Waals surface area contributed by atoms with Gasteiger partial charge in [-0.2, -0.15) is 0 Å². The summed E-state index contributed by atoms with van der Waals surface area (Å²) in [6.07, 6.45) is 2.69. The summed E-state index contributed by atoms with van der Waals surface area (Å²) >= 11 is 3.42. The predicted octanol–water partition coefficient (Wildman–Crippen LogP) is 2.56. The number of aromatic nitrogens is 1. The molecule has 0 saturated carbocycles. The highest BCUT2D eigenvalue weighted by molar-refractivity contribution is 9.10. The van der Waals surface area contributed by atoms with E-state index in [4.69, 9.17) is 4.74 Å². The maximum absolute atomic E-state index is 12.0. The van der Waals surface area contributed by atoms with Crippen LogP contribution in [0, 0.1) is 0 Å². The van der Waals surface area contributed by atoms with Crippen LogP contribution in [0.4, 0.5) is 0 Å². The van der Waals surface area contributed by atoms with Crippen molar-refractivity contribution >= 4 is 26.0 Å². The largest absolute Gasteiger partial charge is 0.496 e. The quantitative estimate of drug-likeness (QED) is 0.741. The minimum absolute atomic E-state index is 0.0380. The number of hydrogen-bond donors (Lipinski definition) is 1. The van der Waals surface area contributed by atoms with Gasteiger partial charge in [-0.1, -0.05) is 12.1 Å². The molecule has 0 spiro atoms. The SMILES string of the molecule is COc1ccc(CCNS(=O)(=O)CCc2ccccn2)cc1Br. The summed E-state index contributed by atoms with van der Waals surface area (Å²) < 4.78 is 32.6. The van der Waals surface area contributed by atoms with E-state index in [1.807, 2.05) is 36.4 Å².